The molecule has 2 aromatic heterocycles. The van der Waals surface area contributed by atoms with Crippen molar-refractivity contribution in [3.63, 3.8) is 0 Å². The number of aromatic carboxylic acids is 1. The fourth-order valence-electron chi connectivity index (χ4n) is 1.80. The molecule has 1 unspecified atom stereocenters. The highest BCUT2D eigenvalue weighted by molar-refractivity contribution is 5.85. The van der Waals surface area contributed by atoms with Crippen LogP contribution in [0.15, 0.2) is 28.2 Å². The third kappa shape index (κ3) is 7.78. The molecule has 0 aliphatic carbocycles. The molecule has 0 fully saturated rings. The summed E-state index contributed by atoms with van der Waals surface area (Å²) in [4.78, 5) is 63.5. The van der Waals surface area contributed by atoms with E-state index in [1.807, 2.05) is 9.97 Å². The number of aromatic amines is 3. The molecule has 13 nitrogen and oxygen atoms in total. The standard InChI is InChI=1S/C9H14N4O3.C5H4N2O4/c10-2-1-8(14)13-7(9(15)16)3-6-4-11-5-12-6;8-3-1-2(4(9)10)6-5(11)7-3/h4-5,7H,1-3,10H2,(H,11,12)(H,13,14)(H,15,16);1H,(H,9,10)(H2,6,7,8,11). The second-order valence-corrected chi connectivity index (χ2v) is 5.08. The number of aromatic nitrogens is 4. The summed E-state index contributed by atoms with van der Waals surface area (Å²) >= 11 is 0. The number of carboxylic acids is 2. The highest BCUT2D eigenvalue weighted by Crippen LogP contribution is 1.99. The zero-order chi connectivity index (χ0) is 20.4. The molecule has 0 aliphatic rings. The minimum atomic E-state index is -1.34. The van der Waals surface area contributed by atoms with E-state index in [9.17, 15) is 24.0 Å². The van der Waals surface area contributed by atoms with E-state index in [4.69, 9.17) is 15.9 Å². The lowest BCUT2D eigenvalue weighted by Gasteiger charge is -2.13. The average molecular weight is 382 g/mol. The molecule has 2 aromatic rings. The molecule has 1 atom stereocenters. The SMILES string of the molecule is NCCC(=O)NC(Cc1cnc[nH]1)C(=O)O.O=C(O)c1cc(=O)[nH]c(=O)[nH]1. The van der Waals surface area contributed by atoms with Crippen molar-refractivity contribution in [1.29, 1.82) is 0 Å². The molecule has 146 valence electrons. The van der Waals surface area contributed by atoms with E-state index in [-0.39, 0.29) is 25.3 Å². The Balaban J connectivity index is 0.000000289. The van der Waals surface area contributed by atoms with Gasteiger partial charge < -0.3 is 31.2 Å². The van der Waals surface area contributed by atoms with Crippen molar-refractivity contribution in [1.82, 2.24) is 25.3 Å². The molecule has 0 bridgehead atoms. The van der Waals surface area contributed by atoms with E-state index in [2.05, 4.69) is 15.3 Å². The van der Waals surface area contributed by atoms with Crippen molar-refractivity contribution < 1.29 is 24.6 Å². The maximum absolute atomic E-state index is 11.2. The topological polar surface area (TPSA) is 224 Å². The second-order valence-electron chi connectivity index (χ2n) is 5.08. The molecular formula is C14H18N6O7. The van der Waals surface area contributed by atoms with Crippen LogP contribution in [-0.2, 0) is 16.0 Å². The van der Waals surface area contributed by atoms with Crippen molar-refractivity contribution in [3.05, 3.63) is 50.8 Å². The molecule has 2 rings (SSSR count). The van der Waals surface area contributed by atoms with Crippen LogP contribution in [0.2, 0.25) is 0 Å². The molecule has 1 amide bonds. The van der Waals surface area contributed by atoms with Crippen LogP contribution in [0, 0.1) is 0 Å². The van der Waals surface area contributed by atoms with Crippen molar-refractivity contribution in [2.75, 3.05) is 6.54 Å². The average Bonchev–Trinajstić information content (AvgIpc) is 3.07. The molecule has 0 aliphatic heterocycles. The number of nitrogens with two attached hydrogens (primary N) is 1. The summed E-state index contributed by atoms with van der Waals surface area (Å²) in [5.41, 5.74) is 3.87. The zero-order valence-corrected chi connectivity index (χ0v) is 13.9. The third-order valence-corrected chi connectivity index (χ3v) is 2.97. The van der Waals surface area contributed by atoms with Gasteiger partial charge in [0.2, 0.25) is 5.91 Å². The molecule has 0 radical (unpaired) electrons. The Labute approximate surface area is 150 Å². The van der Waals surface area contributed by atoms with Crippen LogP contribution in [0.25, 0.3) is 0 Å². The summed E-state index contributed by atoms with van der Waals surface area (Å²) in [6, 6.07) is -0.163. The summed E-state index contributed by atoms with van der Waals surface area (Å²) in [7, 11) is 0. The van der Waals surface area contributed by atoms with Crippen LogP contribution in [0.1, 0.15) is 22.6 Å². The maximum Gasteiger partial charge on any atom is 0.352 e. The first-order valence-electron chi connectivity index (χ1n) is 7.49. The Hall–Kier alpha value is -3.74. The van der Waals surface area contributed by atoms with Crippen molar-refractivity contribution in [2.24, 2.45) is 5.73 Å². The number of aliphatic carboxylic acids is 1. The zero-order valence-electron chi connectivity index (χ0n) is 13.9. The number of hydrogen-bond acceptors (Lipinski definition) is 7. The van der Waals surface area contributed by atoms with Gasteiger partial charge in [-0.1, -0.05) is 0 Å². The summed E-state index contributed by atoms with van der Waals surface area (Å²) in [6.07, 6.45) is 3.26. The minimum absolute atomic E-state index is 0.118. The number of imidazole rings is 1. The van der Waals surface area contributed by atoms with Gasteiger partial charge in [0, 0.05) is 37.3 Å². The lowest BCUT2D eigenvalue weighted by Crippen LogP contribution is -2.42. The first kappa shape index (κ1) is 21.3. The van der Waals surface area contributed by atoms with Crippen LogP contribution < -0.4 is 22.3 Å². The summed E-state index contributed by atoms with van der Waals surface area (Å²) < 4.78 is 0. The molecule has 8 N–H and O–H groups in total. The predicted octanol–water partition coefficient (Wildman–Crippen LogP) is -2.37. The number of amides is 1. The Kier molecular flexibility index (Phi) is 8.12. The Bertz CT molecular complexity index is 858. The molecule has 0 saturated carbocycles. The van der Waals surface area contributed by atoms with Gasteiger partial charge in [0.05, 0.1) is 6.33 Å². The fraction of sp³-hybridized carbons (Fsp3) is 0.286. The molecule has 2 heterocycles. The van der Waals surface area contributed by atoms with Gasteiger partial charge in [0.15, 0.2) is 0 Å². The number of carboxylic acid groups (broad SMARTS) is 2. The van der Waals surface area contributed by atoms with Crippen molar-refractivity contribution in [3.8, 4) is 0 Å². The highest BCUT2D eigenvalue weighted by Gasteiger charge is 2.20. The van der Waals surface area contributed by atoms with Gasteiger partial charge in [-0.05, 0) is 0 Å². The van der Waals surface area contributed by atoms with Gasteiger partial charge in [-0.2, -0.15) is 0 Å². The molecule has 13 heteroatoms. The number of hydrogen-bond donors (Lipinski definition) is 7. The molecular weight excluding hydrogens is 364 g/mol. The van der Waals surface area contributed by atoms with Gasteiger partial charge >= 0.3 is 17.6 Å². The Morgan fingerprint density at radius 1 is 1.22 bits per heavy atom. The van der Waals surface area contributed by atoms with Gasteiger partial charge in [-0.3, -0.25) is 14.6 Å². The summed E-state index contributed by atoms with van der Waals surface area (Å²) in [5.74, 6) is -2.79. The van der Waals surface area contributed by atoms with Crippen LogP contribution in [0.4, 0.5) is 0 Å². The van der Waals surface area contributed by atoms with E-state index in [1.165, 1.54) is 12.5 Å². The molecule has 0 saturated heterocycles. The molecule has 27 heavy (non-hydrogen) atoms. The normalized spacial score (nSPS) is 11.0. The number of nitrogens with one attached hydrogen (secondary N) is 4. The summed E-state index contributed by atoms with van der Waals surface area (Å²) in [6.45, 7) is 0.197. The smallest absolute Gasteiger partial charge is 0.352 e. The third-order valence-electron chi connectivity index (χ3n) is 2.97. The van der Waals surface area contributed by atoms with E-state index in [0.717, 1.165) is 6.07 Å². The Morgan fingerprint density at radius 3 is 2.41 bits per heavy atom. The largest absolute Gasteiger partial charge is 0.480 e. The molecule has 0 spiro atoms. The first-order valence-corrected chi connectivity index (χ1v) is 7.49. The van der Waals surface area contributed by atoms with Crippen LogP contribution >= 0.6 is 0 Å². The van der Waals surface area contributed by atoms with Crippen LogP contribution in [0.5, 0.6) is 0 Å². The first-order chi connectivity index (χ1) is 12.7. The van der Waals surface area contributed by atoms with Crippen molar-refractivity contribution >= 4 is 17.8 Å². The lowest BCUT2D eigenvalue weighted by molar-refractivity contribution is -0.141. The quantitative estimate of drug-likeness (QED) is 0.271. The minimum Gasteiger partial charge on any atom is -0.480 e. The van der Waals surface area contributed by atoms with E-state index >= 15 is 0 Å². The van der Waals surface area contributed by atoms with Gasteiger partial charge in [-0.15, -0.1) is 0 Å². The second kappa shape index (κ2) is 10.3. The number of carbonyl (C=O) groups excluding carboxylic acids is 1. The number of H-pyrrole nitrogens is 3. The van der Waals surface area contributed by atoms with Gasteiger partial charge in [0.25, 0.3) is 5.56 Å². The predicted molar refractivity (Wildman–Crippen MR) is 90.2 cm³/mol. The van der Waals surface area contributed by atoms with E-state index in [0.29, 0.717) is 5.69 Å². The van der Waals surface area contributed by atoms with Gasteiger partial charge in [-0.25, -0.2) is 19.4 Å². The van der Waals surface area contributed by atoms with E-state index < -0.39 is 34.9 Å². The monoisotopic (exact) mass is 382 g/mol. The van der Waals surface area contributed by atoms with E-state index in [1.54, 1.807) is 0 Å². The number of nitrogens with zero attached hydrogens (tertiary/aromatic N) is 1. The molecule has 0 aromatic carbocycles. The highest BCUT2D eigenvalue weighted by atomic mass is 16.4. The lowest BCUT2D eigenvalue weighted by atomic mass is 10.1. The van der Waals surface area contributed by atoms with Crippen molar-refractivity contribution in [2.45, 2.75) is 18.9 Å². The van der Waals surface area contributed by atoms with Crippen LogP contribution in [0.3, 0.4) is 0 Å². The van der Waals surface area contributed by atoms with Gasteiger partial charge in [0.1, 0.15) is 11.7 Å². The maximum atomic E-state index is 11.2. The van der Waals surface area contributed by atoms with Crippen LogP contribution in [-0.4, -0.2) is 60.6 Å². The summed E-state index contributed by atoms with van der Waals surface area (Å²) in [5, 5.41) is 19.6. The fourth-order valence-corrected chi connectivity index (χ4v) is 1.80. The number of rotatable bonds is 7. The Morgan fingerprint density at radius 2 is 1.93 bits per heavy atom. The number of carbonyl (C=O) groups is 3.